The average molecular weight is 331 g/mol. The van der Waals surface area contributed by atoms with E-state index in [0.717, 1.165) is 24.8 Å². The lowest BCUT2D eigenvalue weighted by Crippen LogP contribution is -2.48. The maximum Gasteiger partial charge on any atom is 0.242 e. The first-order valence-electron chi connectivity index (χ1n) is 8.89. The van der Waals surface area contributed by atoms with Crippen molar-refractivity contribution in [3.05, 3.63) is 23.9 Å². The first kappa shape index (κ1) is 16.7. The van der Waals surface area contributed by atoms with Gasteiger partial charge in [0.15, 0.2) is 0 Å². The molecule has 1 aromatic rings. The first-order valence-corrected chi connectivity index (χ1v) is 8.89. The smallest absolute Gasteiger partial charge is 0.242 e. The summed E-state index contributed by atoms with van der Waals surface area (Å²) in [5.74, 6) is 0.467. The monoisotopic (exact) mass is 331 g/mol. The van der Waals surface area contributed by atoms with E-state index in [0.29, 0.717) is 25.3 Å². The van der Waals surface area contributed by atoms with Crippen molar-refractivity contribution in [3.8, 4) is 5.88 Å². The number of carbonyl (C=O) groups is 2. The van der Waals surface area contributed by atoms with Gasteiger partial charge in [0, 0.05) is 25.2 Å². The van der Waals surface area contributed by atoms with Crippen LogP contribution in [0.15, 0.2) is 18.3 Å². The van der Waals surface area contributed by atoms with Gasteiger partial charge in [-0.1, -0.05) is 12.5 Å². The number of nitrogens with one attached hydrogen (secondary N) is 2. The molecule has 24 heavy (non-hydrogen) atoms. The van der Waals surface area contributed by atoms with Gasteiger partial charge in [0.1, 0.15) is 12.1 Å². The predicted octanol–water partition coefficient (Wildman–Crippen LogP) is 2.08. The molecule has 2 fully saturated rings. The van der Waals surface area contributed by atoms with Gasteiger partial charge in [-0.3, -0.25) is 9.59 Å². The molecular weight excluding hydrogens is 306 g/mol. The fourth-order valence-corrected chi connectivity index (χ4v) is 3.25. The molecule has 0 aromatic carbocycles. The standard InChI is InChI=1S/C18H25N3O3/c22-16-8-4-7-15(21-16)18(23)20-12-13-9-10-17(19-11-13)24-14-5-2-1-3-6-14/h9-11,14-15H,1-8,12H2,(H,20,23)(H,21,22)/t15-/m1/s1. The summed E-state index contributed by atoms with van der Waals surface area (Å²) in [7, 11) is 0. The van der Waals surface area contributed by atoms with Gasteiger partial charge in [0.05, 0.1) is 0 Å². The minimum absolute atomic E-state index is 0.0488. The second kappa shape index (κ2) is 8.13. The van der Waals surface area contributed by atoms with Gasteiger partial charge < -0.3 is 15.4 Å². The van der Waals surface area contributed by atoms with E-state index in [1.54, 1.807) is 6.20 Å². The van der Waals surface area contributed by atoms with Crippen LogP contribution in [0, 0.1) is 0 Å². The fraction of sp³-hybridized carbons (Fsp3) is 0.611. The number of nitrogens with zero attached hydrogens (tertiary/aromatic N) is 1. The first-order chi connectivity index (χ1) is 11.7. The highest BCUT2D eigenvalue weighted by molar-refractivity contribution is 5.88. The highest BCUT2D eigenvalue weighted by Gasteiger charge is 2.24. The third-order valence-electron chi connectivity index (χ3n) is 4.65. The van der Waals surface area contributed by atoms with Crippen molar-refractivity contribution in [2.24, 2.45) is 0 Å². The predicted molar refractivity (Wildman–Crippen MR) is 89.4 cm³/mol. The Morgan fingerprint density at radius 2 is 2.04 bits per heavy atom. The Morgan fingerprint density at radius 1 is 1.21 bits per heavy atom. The minimum atomic E-state index is -0.409. The SMILES string of the molecule is O=C1CCC[C@H](C(=O)NCc2ccc(OC3CCCCC3)nc2)N1. The van der Waals surface area contributed by atoms with Gasteiger partial charge in [-0.05, 0) is 44.1 Å². The number of hydrogen-bond donors (Lipinski definition) is 2. The number of hydrogen-bond acceptors (Lipinski definition) is 4. The van der Waals surface area contributed by atoms with Crippen molar-refractivity contribution in [2.75, 3.05) is 0 Å². The zero-order chi connectivity index (χ0) is 16.8. The lowest BCUT2D eigenvalue weighted by atomic mass is 9.98. The van der Waals surface area contributed by atoms with E-state index in [1.165, 1.54) is 19.3 Å². The van der Waals surface area contributed by atoms with Crippen LogP contribution in [0.25, 0.3) is 0 Å². The maximum absolute atomic E-state index is 12.1. The van der Waals surface area contributed by atoms with E-state index < -0.39 is 6.04 Å². The highest BCUT2D eigenvalue weighted by atomic mass is 16.5. The average Bonchev–Trinajstić information content (AvgIpc) is 2.62. The lowest BCUT2D eigenvalue weighted by molar-refractivity contribution is -0.131. The zero-order valence-corrected chi connectivity index (χ0v) is 13.9. The molecule has 2 heterocycles. The van der Waals surface area contributed by atoms with Crippen molar-refractivity contribution < 1.29 is 14.3 Å². The zero-order valence-electron chi connectivity index (χ0n) is 13.9. The molecular formula is C18H25N3O3. The summed E-state index contributed by atoms with van der Waals surface area (Å²) in [6, 6.07) is 3.37. The molecule has 0 unspecified atom stereocenters. The molecule has 1 saturated carbocycles. The summed E-state index contributed by atoms with van der Waals surface area (Å²) >= 11 is 0. The highest BCUT2D eigenvalue weighted by Crippen LogP contribution is 2.22. The van der Waals surface area contributed by atoms with E-state index in [-0.39, 0.29) is 17.9 Å². The Kier molecular flexibility index (Phi) is 5.67. The van der Waals surface area contributed by atoms with Crippen LogP contribution in [-0.2, 0) is 16.1 Å². The Bertz CT molecular complexity index is 567. The molecule has 0 spiro atoms. The van der Waals surface area contributed by atoms with Gasteiger partial charge in [0.2, 0.25) is 17.7 Å². The molecule has 2 aliphatic rings. The summed E-state index contributed by atoms with van der Waals surface area (Å²) in [4.78, 5) is 27.7. The largest absolute Gasteiger partial charge is 0.474 e. The number of ether oxygens (including phenoxy) is 1. The molecule has 1 aliphatic carbocycles. The summed E-state index contributed by atoms with van der Waals surface area (Å²) in [6.07, 6.45) is 9.95. The van der Waals surface area contributed by atoms with Crippen LogP contribution >= 0.6 is 0 Å². The molecule has 0 bridgehead atoms. The molecule has 2 amide bonds. The summed E-state index contributed by atoms with van der Waals surface area (Å²) < 4.78 is 5.90. The summed E-state index contributed by atoms with van der Waals surface area (Å²) in [5, 5.41) is 5.58. The summed E-state index contributed by atoms with van der Waals surface area (Å²) in [6.45, 7) is 0.405. The van der Waals surface area contributed by atoms with E-state index in [2.05, 4.69) is 15.6 Å². The van der Waals surface area contributed by atoms with Crippen molar-refractivity contribution in [1.82, 2.24) is 15.6 Å². The third kappa shape index (κ3) is 4.69. The van der Waals surface area contributed by atoms with Gasteiger partial charge >= 0.3 is 0 Å². The third-order valence-corrected chi connectivity index (χ3v) is 4.65. The van der Waals surface area contributed by atoms with Crippen molar-refractivity contribution in [2.45, 2.75) is 70.1 Å². The van der Waals surface area contributed by atoms with E-state index in [1.807, 2.05) is 12.1 Å². The van der Waals surface area contributed by atoms with Crippen LogP contribution in [0.2, 0.25) is 0 Å². The molecule has 0 radical (unpaired) electrons. The maximum atomic E-state index is 12.1. The lowest BCUT2D eigenvalue weighted by Gasteiger charge is -2.23. The number of amides is 2. The second-order valence-corrected chi connectivity index (χ2v) is 6.61. The molecule has 1 aromatic heterocycles. The topological polar surface area (TPSA) is 80.3 Å². The quantitative estimate of drug-likeness (QED) is 0.866. The molecule has 6 nitrogen and oxygen atoms in total. The second-order valence-electron chi connectivity index (χ2n) is 6.61. The molecule has 2 N–H and O–H groups in total. The van der Waals surface area contributed by atoms with Crippen LogP contribution in [0.3, 0.4) is 0 Å². The van der Waals surface area contributed by atoms with E-state index in [4.69, 9.17) is 4.74 Å². The van der Waals surface area contributed by atoms with Crippen LogP contribution in [0.1, 0.15) is 56.9 Å². The Morgan fingerprint density at radius 3 is 2.75 bits per heavy atom. The Hall–Kier alpha value is -2.11. The number of aromatic nitrogens is 1. The molecule has 1 atom stereocenters. The number of piperidine rings is 1. The van der Waals surface area contributed by atoms with Crippen LogP contribution < -0.4 is 15.4 Å². The van der Waals surface area contributed by atoms with Crippen LogP contribution in [-0.4, -0.2) is 28.9 Å². The number of pyridine rings is 1. The number of carbonyl (C=O) groups excluding carboxylic acids is 2. The minimum Gasteiger partial charge on any atom is -0.474 e. The molecule has 6 heteroatoms. The van der Waals surface area contributed by atoms with Crippen LogP contribution in [0.5, 0.6) is 5.88 Å². The molecule has 130 valence electrons. The van der Waals surface area contributed by atoms with Gasteiger partial charge in [-0.15, -0.1) is 0 Å². The summed E-state index contributed by atoms with van der Waals surface area (Å²) in [5.41, 5.74) is 0.918. The van der Waals surface area contributed by atoms with E-state index >= 15 is 0 Å². The van der Waals surface area contributed by atoms with E-state index in [9.17, 15) is 9.59 Å². The Labute approximate surface area is 142 Å². The number of rotatable bonds is 5. The van der Waals surface area contributed by atoms with Crippen molar-refractivity contribution >= 4 is 11.8 Å². The fourth-order valence-electron chi connectivity index (χ4n) is 3.25. The molecule has 3 rings (SSSR count). The van der Waals surface area contributed by atoms with Crippen molar-refractivity contribution in [1.29, 1.82) is 0 Å². The van der Waals surface area contributed by atoms with Crippen molar-refractivity contribution in [3.63, 3.8) is 0 Å². The van der Waals surface area contributed by atoms with Gasteiger partial charge in [-0.25, -0.2) is 4.98 Å². The molecule has 1 aliphatic heterocycles. The normalized spacial score (nSPS) is 21.8. The van der Waals surface area contributed by atoms with Gasteiger partial charge in [0.25, 0.3) is 0 Å². The van der Waals surface area contributed by atoms with Gasteiger partial charge in [-0.2, -0.15) is 0 Å². The molecule has 1 saturated heterocycles. The Balaban J connectivity index is 1.45. The van der Waals surface area contributed by atoms with Crippen LogP contribution in [0.4, 0.5) is 0 Å².